The molecular weight excluding hydrogens is 302 g/mol. The quantitative estimate of drug-likeness (QED) is 0.936. The number of carbonyl (C=O) groups excluding carboxylic acids is 1. The van der Waals surface area contributed by atoms with Crippen LogP contribution in [0.4, 0.5) is 0 Å². The van der Waals surface area contributed by atoms with Gasteiger partial charge < -0.3 is 14.7 Å². The lowest BCUT2D eigenvalue weighted by Gasteiger charge is -2.32. The van der Waals surface area contributed by atoms with E-state index < -0.39 is 0 Å². The molecule has 0 saturated carbocycles. The first-order valence-corrected chi connectivity index (χ1v) is 8.38. The van der Waals surface area contributed by atoms with Crippen LogP contribution in [-0.2, 0) is 4.79 Å². The van der Waals surface area contributed by atoms with Crippen molar-refractivity contribution in [3.05, 3.63) is 59.7 Å². The number of likely N-dealkylation sites (tertiary alicyclic amines) is 1. The third-order valence-electron chi connectivity index (χ3n) is 4.60. The molecule has 0 radical (unpaired) electrons. The van der Waals surface area contributed by atoms with Crippen molar-refractivity contribution in [2.75, 3.05) is 19.7 Å². The van der Waals surface area contributed by atoms with Crippen LogP contribution in [0.15, 0.2) is 48.5 Å². The summed E-state index contributed by atoms with van der Waals surface area (Å²) in [5.41, 5.74) is 2.40. The Labute approximate surface area is 142 Å². The number of rotatable bonds is 4. The highest BCUT2D eigenvalue weighted by atomic mass is 16.5. The van der Waals surface area contributed by atoms with E-state index in [0.29, 0.717) is 11.7 Å². The molecule has 1 aliphatic rings. The lowest BCUT2D eigenvalue weighted by molar-refractivity contribution is -0.134. The highest BCUT2D eigenvalue weighted by Crippen LogP contribution is 2.29. The molecule has 2 aromatic rings. The maximum Gasteiger partial charge on any atom is 0.260 e. The first kappa shape index (κ1) is 16.4. The molecule has 1 heterocycles. The maximum atomic E-state index is 12.3. The van der Waals surface area contributed by atoms with Crippen molar-refractivity contribution in [3.63, 3.8) is 0 Å². The molecule has 24 heavy (non-hydrogen) atoms. The Balaban J connectivity index is 1.48. The van der Waals surface area contributed by atoms with E-state index in [9.17, 15) is 9.90 Å². The number of hydrogen-bond acceptors (Lipinski definition) is 3. The van der Waals surface area contributed by atoms with Gasteiger partial charge >= 0.3 is 0 Å². The molecule has 0 aromatic heterocycles. The van der Waals surface area contributed by atoms with Gasteiger partial charge in [-0.2, -0.15) is 0 Å². The summed E-state index contributed by atoms with van der Waals surface area (Å²) in [6, 6.07) is 15.1. The molecule has 2 aromatic carbocycles. The minimum atomic E-state index is 0.0414. The normalized spacial score (nSPS) is 15.3. The van der Waals surface area contributed by atoms with Crippen LogP contribution in [0.3, 0.4) is 0 Å². The number of aryl methyl sites for hydroxylation is 1. The fourth-order valence-corrected chi connectivity index (χ4v) is 3.08. The highest BCUT2D eigenvalue weighted by molar-refractivity contribution is 5.77. The van der Waals surface area contributed by atoms with Crippen molar-refractivity contribution in [1.29, 1.82) is 0 Å². The smallest absolute Gasteiger partial charge is 0.260 e. The molecule has 0 aliphatic carbocycles. The van der Waals surface area contributed by atoms with E-state index in [0.717, 1.165) is 31.7 Å². The molecule has 0 unspecified atom stereocenters. The van der Waals surface area contributed by atoms with Crippen molar-refractivity contribution in [1.82, 2.24) is 4.90 Å². The molecule has 4 nitrogen and oxygen atoms in total. The predicted molar refractivity (Wildman–Crippen MR) is 93.3 cm³/mol. The molecule has 3 rings (SSSR count). The van der Waals surface area contributed by atoms with Gasteiger partial charge in [-0.25, -0.2) is 0 Å². The van der Waals surface area contributed by atoms with Crippen LogP contribution in [0.2, 0.25) is 0 Å². The average Bonchev–Trinajstić information content (AvgIpc) is 2.62. The number of piperidine rings is 1. The number of ether oxygens (including phenoxy) is 1. The second-order valence-corrected chi connectivity index (χ2v) is 6.35. The first-order valence-electron chi connectivity index (χ1n) is 8.38. The van der Waals surface area contributed by atoms with E-state index in [1.54, 1.807) is 12.1 Å². The fraction of sp³-hybridized carbons (Fsp3) is 0.350. The summed E-state index contributed by atoms with van der Waals surface area (Å²) < 4.78 is 5.58. The molecule has 126 valence electrons. The van der Waals surface area contributed by atoms with Crippen LogP contribution in [-0.4, -0.2) is 35.6 Å². The lowest BCUT2D eigenvalue weighted by atomic mass is 9.89. The molecule has 1 amide bonds. The predicted octanol–water partition coefficient (Wildman–Crippen LogP) is 3.49. The number of aromatic hydroxyl groups is 1. The van der Waals surface area contributed by atoms with E-state index in [2.05, 4.69) is 0 Å². The molecule has 1 N–H and O–H groups in total. The summed E-state index contributed by atoms with van der Waals surface area (Å²) in [4.78, 5) is 14.2. The van der Waals surface area contributed by atoms with Crippen LogP contribution in [0.1, 0.15) is 29.9 Å². The molecular formula is C20H23NO3. The van der Waals surface area contributed by atoms with Gasteiger partial charge in [0.1, 0.15) is 11.5 Å². The van der Waals surface area contributed by atoms with E-state index in [1.165, 1.54) is 11.1 Å². The van der Waals surface area contributed by atoms with Gasteiger partial charge in [0.2, 0.25) is 0 Å². The standard InChI is InChI=1S/C20H23NO3/c1-15-2-8-19(9-3-15)24-14-20(23)21-12-10-17(11-13-21)16-4-6-18(22)7-5-16/h2-9,17,22H,10-14H2,1H3. The third kappa shape index (κ3) is 4.07. The minimum Gasteiger partial charge on any atom is -0.508 e. The van der Waals surface area contributed by atoms with Crippen molar-refractivity contribution < 1.29 is 14.6 Å². The van der Waals surface area contributed by atoms with Gasteiger partial charge in [-0.1, -0.05) is 29.8 Å². The van der Waals surface area contributed by atoms with Crippen molar-refractivity contribution >= 4 is 5.91 Å². The number of hydrogen-bond donors (Lipinski definition) is 1. The molecule has 0 spiro atoms. The molecule has 1 fully saturated rings. The van der Waals surface area contributed by atoms with E-state index in [-0.39, 0.29) is 12.5 Å². The zero-order valence-electron chi connectivity index (χ0n) is 13.9. The fourth-order valence-electron chi connectivity index (χ4n) is 3.08. The van der Waals surface area contributed by atoms with Crippen LogP contribution < -0.4 is 4.74 Å². The maximum absolute atomic E-state index is 12.3. The zero-order valence-corrected chi connectivity index (χ0v) is 13.9. The average molecular weight is 325 g/mol. The van der Waals surface area contributed by atoms with Gasteiger partial charge in [-0.05, 0) is 55.5 Å². The number of benzene rings is 2. The van der Waals surface area contributed by atoms with Crippen LogP contribution in [0, 0.1) is 6.92 Å². The molecule has 0 bridgehead atoms. The zero-order chi connectivity index (χ0) is 16.9. The van der Waals surface area contributed by atoms with Crippen LogP contribution >= 0.6 is 0 Å². The van der Waals surface area contributed by atoms with Gasteiger partial charge in [-0.3, -0.25) is 4.79 Å². The van der Waals surface area contributed by atoms with E-state index in [1.807, 2.05) is 48.2 Å². The molecule has 1 saturated heterocycles. The van der Waals surface area contributed by atoms with Gasteiger partial charge in [0.25, 0.3) is 5.91 Å². The Morgan fingerprint density at radius 3 is 2.33 bits per heavy atom. The summed E-state index contributed by atoms with van der Waals surface area (Å²) in [7, 11) is 0. The van der Waals surface area contributed by atoms with E-state index >= 15 is 0 Å². The Morgan fingerprint density at radius 2 is 1.71 bits per heavy atom. The summed E-state index contributed by atoms with van der Waals surface area (Å²) in [6.45, 7) is 3.61. The first-order chi connectivity index (χ1) is 11.6. The largest absolute Gasteiger partial charge is 0.508 e. The Hall–Kier alpha value is -2.49. The summed E-state index contributed by atoms with van der Waals surface area (Å²) in [5.74, 6) is 1.51. The topological polar surface area (TPSA) is 49.8 Å². The van der Waals surface area contributed by atoms with E-state index in [4.69, 9.17) is 4.74 Å². The van der Waals surface area contributed by atoms with Crippen LogP contribution in [0.5, 0.6) is 11.5 Å². The molecule has 4 heteroatoms. The van der Waals surface area contributed by atoms with Gasteiger partial charge in [0, 0.05) is 13.1 Å². The highest BCUT2D eigenvalue weighted by Gasteiger charge is 2.24. The summed E-state index contributed by atoms with van der Waals surface area (Å²) in [6.07, 6.45) is 1.89. The second kappa shape index (κ2) is 7.39. The molecule has 0 atom stereocenters. The number of amides is 1. The minimum absolute atomic E-state index is 0.0414. The lowest BCUT2D eigenvalue weighted by Crippen LogP contribution is -2.40. The molecule has 1 aliphatic heterocycles. The Kier molecular flexibility index (Phi) is 5.04. The third-order valence-corrected chi connectivity index (χ3v) is 4.60. The number of phenolic OH excluding ortho intramolecular Hbond substituents is 1. The number of phenols is 1. The monoisotopic (exact) mass is 325 g/mol. The van der Waals surface area contributed by atoms with Crippen LogP contribution in [0.25, 0.3) is 0 Å². The summed E-state index contributed by atoms with van der Waals surface area (Å²) in [5, 5.41) is 9.37. The number of carbonyl (C=O) groups is 1. The number of nitrogens with zero attached hydrogens (tertiary/aromatic N) is 1. The van der Waals surface area contributed by atoms with Crippen molar-refractivity contribution in [3.8, 4) is 11.5 Å². The Bertz CT molecular complexity index is 671. The summed E-state index contributed by atoms with van der Waals surface area (Å²) >= 11 is 0. The van der Waals surface area contributed by atoms with Crippen molar-refractivity contribution in [2.45, 2.75) is 25.7 Å². The van der Waals surface area contributed by atoms with Crippen molar-refractivity contribution in [2.24, 2.45) is 0 Å². The van der Waals surface area contributed by atoms with Gasteiger partial charge in [-0.15, -0.1) is 0 Å². The SMILES string of the molecule is Cc1ccc(OCC(=O)N2CCC(c3ccc(O)cc3)CC2)cc1. The second-order valence-electron chi connectivity index (χ2n) is 6.35. The Morgan fingerprint density at radius 1 is 1.08 bits per heavy atom. The van der Waals surface area contributed by atoms with Gasteiger partial charge in [0.05, 0.1) is 0 Å². The van der Waals surface area contributed by atoms with Gasteiger partial charge in [0.15, 0.2) is 6.61 Å².